The summed E-state index contributed by atoms with van der Waals surface area (Å²) in [5.41, 5.74) is 2.69. The van der Waals surface area contributed by atoms with Gasteiger partial charge in [0.05, 0.1) is 12.8 Å². The first kappa shape index (κ1) is 19.3. The molecule has 5 rings (SSSR count). The van der Waals surface area contributed by atoms with E-state index in [9.17, 15) is 0 Å². The summed E-state index contributed by atoms with van der Waals surface area (Å²) in [6, 6.07) is 6.81. The van der Waals surface area contributed by atoms with Crippen molar-refractivity contribution in [2.24, 2.45) is 14.1 Å². The molecule has 0 fully saturated rings. The molecule has 10 heteroatoms. The maximum atomic E-state index is 15.2. The molecule has 0 unspecified atom stereocenters. The van der Waals surface area contributed by atoms with Crippen LogP contribution in [0.4, 0.5) is 4.39 Å². The number of methoxy groups -OCH3 is 1. The van der Waals surface area contributed by atoms with Crippen LogP contribution in [-0.2, 0) is 14.1 Å². The van der Waals surface area contributed by atoms with Crippen molar-refractivity contribution in [2.45, 2.75) is 0 Å². The minimum atomic E-state index is -0.480. The first-order valence-electron chi connectivity index (χ1n) is 9.37. The number of ether oxygens (including phenoxy) is 1. The second kappa shape index (κ2) is 7.21. The molecule has 0 atom stereocenters. The molecular weight excluding hydrogens is 421 g/mol. The largest absolute Gasteiger partial charge is 0.494 e. The molecule has 0 spiro atoms. The number of hydrogen-bond acceptors (Lipinski definition) is 5. The van der Waals surface area contributed by atoms with Crippen LogP contribution in [-0.4, -0.2) is 41.0 Å². The predicted molar refractivity (Wildman–Crippen MR) is 114 cm³/mol. The highest BCUT2D eigenvalue weighted by atomic mass is 35.5. The fraction of sp³-hybridized carbons (Fsp3) is 0.143. The SMILES string of the molecule is COc1cccc(-c2cn3nc(-c4nccn4C)nc(Cl)c3c2-c2ccn(C)n2)c1F. The Bertz CT molecular complexity index is 1440. The van der Waals surface area contributed by atoms with E-state index < -0.39 is 5.82 Å². The van der Waals surface area contributed by atoms with Crippen molar-refractivity contribution in [1.29, 1.82) is 0 Å². The Morgan fingerprint density at radius 3 is 2.58 bits per heavy atom. The van der Waals surface area contributed by atoms with E-state index in [1.807, 2.05) is 26.4 Å². The average Bonchev–Trinajstić information content (AvgIpc) is 3.46. The van der Waals surface area contributed by atoms with Crippen LogP contribution >= 0.6 is 11.6 Å². The number of imidazole rings is 1. The molecule has 4 heterocycles. The van der Waals surface area contributed by atoms with E-state index in [2.05, 4.69) is 20.2 Å². The van der Waals surface area contributed by atoms with Crippen LogP contribution < -0.4 is 4.74 Å². The van der Waals surface area contributed by atoms with Crippen LogP contribution in [0, 0.1) is 5.82 Å². The Kier molecular flexibility index (Phi) is 4.48. The summed E-state index contributed by atoms with van der Waals surface area (Å²) >= 11 is 6.63. The number of halogens is 2. The summed E-state index contributed by atoms with van der Waals surface area (Å²) in [6.07, 6.45) is 6.98. The average molecular weight is 438 g/mol. The third-order valence-corrected chi connectivity index (χ3v) is 5.32. The first-order valence-corrected chi connectivity index (χ1v) is 9.75. The molecule has 0 aliphatic carbocycles. The zero-order valence-corrected chi connectivity index (χ0v) is 17.7. The Morgan fingerprint density at radius 2 is 1.90 bits per heavy atom. The van der Waals surface area contributed by atoms with Crippen molar-refractivity contribution in [3.05, 3.63) is 60.0 Å². The summed E-state index contributed by atoms with van der Waals surface area (Å²) in [6.45, 7) is 0. The van der Waals surface area contributed by atoms with Gasteiger partial charge in [-0.25, -0.2) is 18.9 Å². The predicted octanol–water partition coefficient (Wildman–Crippen LogP) is 4.00. The van der Waals surface area contributed by atoms with E-state index in [1.165, 1.54) is 7.11 Å². The van der Waals surface area contributed by atoms with Gasteiger partial charge in [-0.3, -0.25) is 4.68 Å². The number of benzene rings is 1. The van der Waals surface area contributed by atoms with Gasteiger partial charge >= 0.3 is 0 Å². The smallest absolute Gasteiger partial charge is 0.217 e. The molecule has 0 aliphatic rings. The topological polar surface area (TPSA) is 75.1 Å². The molecule has 156 valence electrons. The van der Waals surface area contributed by atoms with Crippen LogP contribution in [0.5, 0.6) is 5.75 Å². The van der Waals surface area contributed by atoms with E-state index >= 15 is 4.39 Å². The third-order valence-electron chi connectivity index (χ3n) is 5.05. The first-order chi connectivity index (χ1) is 15.0. The highest BCUT2D eigenvalue weighted by molar-refractivity contribution is 6.33. The highest BCUT2D eigenvalue weighted by Crippen LogP contribution is 2.41. The van der Waals surface area contributed by atoms with Crippen molar-refractivity contribution < 1.29 is 9.13 Å². The number of fused-ring (bicyclic) bond motifs is 1. The van der Waals surface area contributed by atoms with Gasteiger partial charge in [0.15, 0.2) is 22.5 Å². The van der Waals surface area contributed by atoms with E-state index in [0.29, 0.717) is 39.5 Å². The van der Waals surface area contributed by atoms with Crippen molar-refractivity contribution in [2.75, 3.05) is 7.11 Å². The van der Waals surface area contributed by atoms with Crippen LogP contribution in [0.3, 0.4) is 0 Å². The molecule has 8 nitrogen and oxygen atoms in total. The molecule has 0 bridgehead atoms. The Labute approximate surface area is 181 Å². The van der Waals surface area contributed by atoms with E-state index in [1.54, 1.807) is 50.6 Å². The summed E-state index contributed by atoms with van der Waals surface area (Å²) in [5.74, 6) is 0.577. The molecule has 0 saturated carbocycles. The van der Waals surface area contributed by atoms with Crippen molar-refractivity contribution in [3.8, 4) is 39.8 Å². The second-order valence-electron chi connectivity index (χ2n) is 7.00. The standard InChI is InChI=1S/C21H17ClFN7O/c1-28-10-8-24-21(28)20-25-19(22)18-16(14-7-9-29(2)26-14)13(11-30(18)27-20)12-5-4-6-15(31-3)17(12)23/h4-11H,1-3H3. The molecule has 0 radical (unpaired) electrons. The van der Waals surface area contributed by atoms with Crippen molar-refractivity contribution in [1.82, 2.24) is 33.9 Å². The molecule has 0 saturated heterocycles. The van der Waals surface area contributed by atoms with E-state index in [4.69, 9.17) is 16.3 Å². The molecule has 0 amide bonds. The second-order valence-corrected chi connectivity index (χ2v) is 7.35. The van der Waals surface area contributed by atoms with Gasteiger partial charge < -0.3 is 9.30 Å². The Hall–Kier alpha value is -3.72. The summed E-state index contributed by atoms with van der Waals surface area (Å²) < 4.78 is 25.4. The summed E-state index contributed by atoms with van der Waals surface area (Å²) in [4.78, 5) is 8.75. The molecule has 0 aliphatic heterocycles. The maximum Gasteiger partial charge on any atom is 0.217 e. The van der Waals surface area contributed by atoms with Crippen molar-refractivity contribution >= 4 is 17.1 Å². The zero-order valence-electron chi connectivity index (χ0n) is 16.9. The zero-order chi connectivity index (χ0) is 21.7. The fourth-order valence-electron chi connectivity index (χ4n) is 3.60. The minimum Gasteiger partial charge on any atom is -0.494 e. The lowest BCUT2D eigenvalue weighted by Gasteiger charge is -2.08. The lowest BCUT2D eigenvalue weighted by atomic mass is 10.0. The van der Waals surface area contributed by atoms with Gasteiger partial charge in [-0.15, -0.1) is 5.10 Å². The van der Waals surface area contributed by atoms with Crippen LogP contribution in [0.15, 0.2) is 49.1 Å². The van der Waals surface area contributed by atoms with Gasteiger partial charge in [-0.05, 0) is 12.1 Å². The van der Waals surface area contributed by atoms with E-state index in [-0.39, 0.29) is 10.9 Å². The highest BCUT2D eigenvalue weighted by Gasteiger charge is 2.24. The van der Waals surface area contributed by atoms with Gasteiger partial charge in [0.2, 0.25) is 5.82 Å². The van der Waals surface area contributed by atoms with E-state index in [0.717, 1.165) is 0 Å². The Morgan fingerprint density at radius 1 is 1.06 bits per heavy atom. The van der Waals surface area contributed by atoms with Gasteiger partial charge in [0.1, 0.15) is 5.52 Å². The van der Waals surface area contributed by atoms with Crippen LogP contribution in [0.1, 0.15) is 0 Å². The number of aromatic nitrogens is 7. The lowest BCUT2D eigenvalue weighted by molar-refractivity contribution is 0.387. The van der Waals surface area contributed by atoms with Crippen LogP contribution in [0.2, 0.25) is 5.15 Å². The molecule has 4 aromatic heterocycles. The molecule has 31 heavy (non-hydrogen) atoms. The van der Waals surface area contributed by atoms with Crippen LogP contribution in [0.25, 0.3) is 39.5 Å². The summed E-state index contributed by atoms with van der Waals surface area (Å²) in [5, 5.41) is 9.32. The molecule has 1 aromatic carbocycles. The number of aryl methyl sites for hydroxylation is 2. The Balaban J connectivity index is 1.85. The normalized spacial score (nSPS) is 11.4. The van der Waals surface area contributed by atoms with Gasteiger partial charge in [0, 0.05) is 55.6 Å². The van der Waals surface area contributed by atoms with Gasteiger partial charge in [-0.1, -0.05) is 23.7 Å². The third kappa shape index (κ3) is 3.05. The molecular formula is C21H17ClFN7O. The van der Waals surface area contributed by atoms with Gasteiger partial charge in [-0.2, -0.15) is 5.10 Å². The van der Waals surface area contributed by atoms with Gasteiger partial charge in [0.25, 0.3) is 0 Å². The number of hydrogen-bond donors (Lipinski definition) is 0. The molecule has 5 aromatic rings. The quantitative estimate of drug-likeness (QED) is 0.425. The fourth-order valence-corrected chi connectivity index (χ4v) is 3.87. The number of rotatable bonds is 4. The monoisotopic (exact) mass is 437 g/mol. The molecule has 0 N–H and O–H groups in total. The minimum absolute atomic E-state index is 0.144. The van der Waals surface area contributed by atoms with Crippen molar-refractivity contribution in [3.63, 3.8) is 0 Å². The lowest BCUT2D eigenvalue weighted by Crippen LogP contribution is -2.02. The number of nitrogens with zero attached hydrogens (tertiary/aromatic N) is 7. The summed E-state index contributed by atoms with van der Waals surface area (Å²) in [7, 11) is 5.08. The maximum absolute atomic E-state index is 15.2.